The van der Waals surface area contributed by atoms with Crippen LogP contribution in [0.1, 0.15) is 15.9 Å². The second-order valence-electron chi connectivity index (χ2n) is 5.28. The third-order valence-corrected chi connectivity index (χ3v) is 4.30. The topological polar surface area (TPSA) is 31.2 Å². The zero-order valence-corrected chi connectivity index (χ0v) is 14.5. The summed E-state index contributed by atoms with van der Waals surface area (Å²) >= 11 is 3.37. The van der Waals surface area contributed by atoms with Crippen molar-refractivity contribution in [2.24, 2.45) is 7.05 Å². The lowest BCUT2D eigenvalue weighted by Gasteiger charge is -2.00. The van der Waals surface area contributed by atoms with Gasteiger partial charge in [0, 0.05) is 39.7 Å². The Morgan fingerprint density at radius 1 is 1.17 bits per heavy atom. The van der Waals surface area contributed by atoms with Crippen LogP contribution in [-0.2, 0) is 7.05 Å². The predicted molar refractivity (Wildman–Crippen MR) is 97.0 cm³/mol. The lowest BCUT2D eigenvalue weighted by Crippen LogP contribution is -1.93. The van der Waals surface area contributed by atoms with E-state index in [1.807, 2.05) is 66.4 Å². The summed E-state index contributed by atoms with van der Waals surface area (Å²) < 4.78 is 8.29. The van der Waals surface area contributed by atoms with E-state index in [0.717, 1.165) is 26.7 Å². The number of carbonyl (C=O) groups is 1. The summed E-state index contributed by atoms with van der Waals surface area (Å²) in [6, 6.07) is 13.3. The molecule has 0 radical (unpaired) electrons. The highest BCUT2D eigenvalue weighted by Crippen LogP contribution is 2.26. The molecule has 0 aliphatic carbocycles. The number of methoxy groups -OCH3 is 1. The molecule has 1 aromatic heterocycles. The van der Waals surface area contributed by atoms with Crippen molar-refractivity contribution in [3.63, 3.8) is 0 Å². The van der Waals surface area contributed by atoms with Gasteiger partial charge in [-0.3, -0.25) is 4.79 Å². The molecule has 3 rings (SSSR count). The number of aromatic nitrogens is 1. The van der Waals surface area contributed by atoms with E-state index >= 15 is 0 Å². The summed E-state index contributed by atoms with van der Waals surface area (Å²) in [4.78, 5) is 12.3. The molecule has 1 heterocycles. The molecule has 0 fully saturated rings. The van der Waals surface area contributed by atoms with Gasteiger partial charge in [-0.15, -0.1) is 0 Å². The SMILES string of the molecule is COc1ccc2c(c1)c(C=CC(=O)c1ccc(Br)cc1)cn2C. The van der Waals surface area contributed by atoms with Crippen LogP contribution in [0.3, 0.4) is 0 Å². The molecule has 0 aliphatic rings. The summed E-state index contributed by atoms with van der Waals surface area (Å²) in [7, 11) is 3.64. The van der Waals surface area contributed by atoms with Crippen LogP contribution < -0.4 is 4.74 Å². The summed E-state index contributed by atoms with van der Waals surface area (Å²) in [5, 5.41) is 1.06. The minimum atomic E-state index is -0.0163. The van der Waals surface area contributed by atoms with E-state index in [0.29, 0.717) is 5.56 Å². The van der Waals surface area contributed by atoms with E-state index < -0.39 is 0 Å². The van der Waals surface area contributed by atoms with Crippen molar-refractivity contribution in [2.75, 3.05) is 7.11 Å². The van der Waals surface area contributed by atoms with Crippen molar-refractivity contribution in [3.05, 3.63) is 70.3 Å². The van der Waals surface area contributed by atoms with Crippen LogP contribution in [0.15, 0.2) is 59.2 Å². The lowest BCUT2D eigenvalue weighted by molar-refractivity contribution is 0.104. The number of nitrogens with zero attached hydrogens (tertiary/aromatic N) is 1. The Morgan fingerprint density at radius 2 is 1.91 bits per heavy atom. The second-order valence-corrected chi connectivity index (χ2v) is 6.20. The van der Waals surface area contributed by atoms with Gasteiger partial charge < -0.3 is 9.30 Å². The van der Waals surface area contributed by atoms with E-state index in [1.165, 1.54) is 0 Å². The van der Waals surface area contributed by atoms with E-state index in [-0.39, 0.29) is 5.78 Å². The van der Waals surface area contributed by atoms with Crippen molar-refractivity contribution in [3.8, 4) is 5.75 Å². The molecule has 0 saturated carbocycles. The first kappa shape index (κ1) is 15.6. The normalized spacial score (nSPS) is 11.3. The van der Waals surface area contributed by atoms with E-state index in [1.54, 1.807) is 13.2 Å². The van der Waals surface area contributed by atoms with E-state index in [4.69, 9.17) is 4.74 Å². The lowest BCUT2D eigenvalue weighted by atomic mass is 10.1. The van der Waals surface area contributed by atoms with Crippen LogP contribution in [0, 0.1) is 0 Å². The van der Waals surface area contributed by atoms with Crippen LogP contribution in [0.2, 0.25) is 0 Å². The number of ketones is 1. The fraction of sp³-hybridized carbons (Fsp3) is 0.105. The van der Waals surface area contributed by atoms with Gasteiger partial charge in [0.25, 0.3) is 0 Å². The Labute approximate surface area is 143 Å². The number of benzene rings is 2. The van der Waals surface area contributed by atoms with Crippen molar-refractivity contribution in [2.45, 2.75) is 0 Å². The summed E-state index contributed by atoms with van der Waals surface area (Å²) in [5.74, 6) is 0.787. The second kappa shape index (κ2) is 6.42. The molecule has 0 unspecified atom stereocenters. The van der Waals surface area contributed by atoms with E-state index in [2.05, 4.69) is 15.9 Å². The standard InChI is InChI=1S/C19H16BrNO2/c1-21-12-14(17-11-16(23-2)8-9-18(17)21)5-10-19(22)13-3-6-15(20)7-4-13/h3-12H,1-2H3. The number of aryl methyl sites for hydroxylation is 1. The van der Waals surface area contributed by atoms with Gasteiger partial charge in [0.2, 0.25) is 0 Å². The van der Waals surface area contributed by atoms with Crippen LogP contribution in [-0.4, -0.2) is 17.5 Å². The van der Waals surface area contributed by atoms with Gasteiger partial charge in [-0.2, -0.15) is 0 Å². The predicted octanol–water partition coefficient (Wildman–Crippen LogP) is 4.85. The average molecular weight is 370 g/mol. The zero-order chi connectivity index (χ0) is 16.4. The fourth-order valence-electron chi connectivity index (χ4n) is 2.54. The first-order valence-corrected chi connectivity index (χ1v) is 7.99. The molecule has 2 aromatic carbocycles. The number of fused-ring (bicyclic) bond motifs is 1. The Bertz CT molecular complexity index is 892. The van der Waals surface area contributed by atoms with Gasteiger partial charge in [0.1, 0.15) is 5.75 Å². The Hall–Kier alpha value is -2.33. The van der Waals surface area contributed by atoms with Gasteiger partial charge >= 0.3 is 0 Å². The Morgan fingerprint density at radius 3 is 2.61 bits per heavy atom. The first-order valence-electron chi connectivity index (χ1n) is 7.19. The highest BCUT2D eigenvalue weighted by atomic mass is 79.9. The van der Waals surface area contributed by atoms with Gasteiger partial charge in [0.15, 0.2) is 5.78 Å². The molecule has 0 bridgehead atoms. The van der Waals surface area contributed by atoms with Crippen LogP contribution >= 0.6 is 15.9 Å². The minimum Gasteiger partial charge on any atom is -0.497 e. The molecule has 0 atom stereocenters. The fourth-order valence-corrected chi connectivity index (χ4v) is 2.80. The number of ether oxygens (including phenoxy) is 1. The van der Waals surface area contributed by atoms with Crippen molar-refractivity contribution in [1.82, 2.24) is 4.57 Å². The molecular formula is C19H16BrNO2. The molecule has 23 heavy (non-hydrogen) atoms. The van der Waals surface area contributed by atoms with Gasteiger partial charge in [-0.25, -0.2) is 0 Å². The largest absolute Gasteiger partial charge is 0.497 e. The summed E-state index contributed by atoms with van der Waals surface area (Å²) in [6.45, 7) is 0. The maximum atomic E-state index is 12.3. The third kappa shape index (κ3) is 3.22. The molecular weight excluding hydrogens is 354 g/mol. The number of carbonyl (C=O) groups excluding carboxylic acids is 1. The number of rotatable bonds is 4. The smallest absolute Gasteiger partial charge is 0.185 e. The van der Waals surface area contributed by atoms with Crippen LogP contribution in [0.4, 0.5) is 0 Å². The number of allylic oxidation sites excluding steroid dienone is 1. The van der Waals surface area contributed by atoms with Crippen LogP contribution in [0.5, 0.6) is 5.75 Å². The highest BCUT2D eigenvalue weighted by molar-refractivity contribution is 9.10. The molecule has 0 aliphatic heterocycles. The Kier molecular flexibility index (Phi) is 4.35. The molecule has 0 spiro atoms. The molecule has 0 N–H and O–H groups in total. The zero-order valence-electron chi connectivity index (χ0n) is 12.9. The monoisotopic (exact) mass is 369 g/mol. The number of halogens is 1. The number of hydrogen-bond donors (Lipinski definition) is 0. The van der Waals surface area contributed by atoms with Gasteiger partial charge in [-0.1, -0.05) is 15.9 Å². The molecule has 0 amide bonds. The van der Waals surface area contributed by atoms with Crippen molar-refractivity contribution in [1.29, 1.82) is 0 Å². The maximum Gasteiger partial charge on any atom is 0.185 e. The average Bonchev–Trinajstić information content (AvgIpc) is 2.88. The van der Waals surface area contributed by atoms with Gasteiger partial charge in [-0.05, 0) is 54.6 Å². The Balaban J connectivity index is 1.94. The highest BCUT2D eigenvalue weighted by Gasteiger charge is 2.07. The summed E-state index contributed by atoms with van der Waals surface area (Å²) in [5.41, 5.74) is 2.76. The quantitative estimate of drug-likeness (QED) is 0.486. The molecule has 3 nitrogen and oxygen atoms in total. The number of hydrogen-bond acceptors (Lipinski definition) is 2. The minimum absolute atomic E-state index is 0.0163. The molecule has 3 aromatic rings. The van der Waals surface area contributed by atoms with Crippen molar-refractivity contribution >= 4 is 38.7 Å². The molecule has 116 valence electrons. The maximum absolute atomic E-state index is 12.3. The van der Waals surface area contributed by atoms with Crippen molar-refractivity contribution < 1.29 is 9.53 Å². The first-order chi connectivity index (χ1) is 11.1. The molecule has 4 heteroatoms. The van der Waals surface area contributed by atoms with Gasteiger partial charge in [0.05, 0.1) is 7.11 Å². The van der Waals surface area contributed by atoms with Crippen LogP contribution in [0.25, 0.3) is 17.0 Å². The molecule has 0 saturated heterocycles. The third-order valence-electron chi connectivity index (χ3n) is 3.77. The summed E-state index contributed by atoms with van der Waals surface area (Å²) in [6.07, 6.45) is 5.47. The van der Waals surface area contributed by atoms with E-state index in [9.17, 15) is 4.79 Å².